The van der Waals surface area contributed by atoms with Crippen molar-refractivity contribution in [2.75, 3.05) is 114 Å². The molecule has 0 spiro atoms. The molecule has 1 rings (SSSR count). The van der Waals surface area contributed by atoms with Gasteiger partial charge in [0.1, 0.15) is 19.0 Å². The lowest BCUT2D eigenvalue weighted by atomic mass is 10.1. The summed E-state index contributed by atoms with van der Waals surface area (Å²) in [5.74, 6) is 1.94. The zero-order chi connectivity index (χ0) is 40.4. The summed E-state index contributed by atoms with van der Waals surface area (Å²) in [5.41, 5.74) is 0. The van der Waals surface area contributed by atoms with Gasteiger partial charge in [0.15, 0.2) is 11.5 Å². The van der Waals surface area contributed by atoms with Crippen molar-refractivity contribution in [1.29, 1.82) is 0 Å². The van der Waals surface area contributed by atoms with Crippen LogP contribution in [0.3, 0.4) is 0 Å². The first-order chi connectivity index (χ1) is 27.6. The number of carbonyl (C=O) groups is 2. The number of unbranched alkanes of at least 4 members (excludes halogenated alkanes) is 14. The molecule has 56 heavy (non-hydrogen) atoms. The van der Waals surface area contributed by atoms with Crippen molar-refractivity contribution in [3.05, 3.63) is 18.2 Å². The van der Waals surface area contributed by atoms with E-state index in [1.807, 2.05) is 18.2 Å². The van der Waals surface area contributed by atoms with Crippen molar-refractivity contribution in [3.63, 3.8) is 0 Å². The summed E-state index contributed by atoms with van der Waals surface area (Å²) in [5, 5.41) is 0. The van der Waals surface area contributed by atoms with Gasteiger partial charge in [-0.2, -0.15) is 0 Å². The van der Waals surface area contributed by atoms with E-state index in [1.54, 1.807) is 21.3 Å². The Morgan fingerprint density at radius 2 is 0.750 bits per heavy atom. The normalized spacial score (nSPS) is 11.1. The number of benzene rings is 1. The minimum absolute atomic E-state index is 0.154. The van der Waals surface area contributed by atoms with E-state index in [0.717, 1.165) is 81.5 Å². The third kappa shape index (κ3) is 33.5. The first-order valence-corrected chi connectivity index (χ1v) is 21.1. The number of ether oxygens (including phenoxy) is 11. The predicted molar refractivity (Wildman–Crippen MR) is 216 cm³/mol. The molecule has 0 aliphatic rings. The Balaban J connectivity index is 1.98. The first-order valence-electron chi connectivity index (χ1n) is 21.1. The number of methoxy groups -OCH3 is 3. The van der Waals surface area contributed by atoms with Gasteiger partial charge in [0, 0.05) is 33.1 Å². The third-order valence-electron chi connectivity index (χ3n) is 8.81. The molecule has 0 heterocycles. The van der Waals surface area contributed by atoms with E-state index in [1.165, 1.54) is 38.5 Å². The SMILES string of the molecule is COCCOCCOCCOC(=O)CCCCCCCCCCOc1ccc(OC)cc1OCCCCCCCCCCC(=O)OCCOCCOCCOC. The molecule has 0 radical (unpaired) electrons. The zero-order valence-electron chi connectivity index (χ0n) is 35.2. The Morgan fingerprint density at radius 1 is 0.393 bits per heavy atom. The molecule has 0 aliphatic carbocycles. The van der Waals surface area contributed by atoms with Gasteiger partial charge < -0.3 is 52.1 Å². The highest BCUT2D eigenvalue weighted by Gasteiger charge is 2.09. The predicted octanol–water partition coefficient (Wildman–Crippen LogP) is 7.92. The summed E-state index contributed by atoms with van der Waals surface area (Å²) < 4.78 is 59.3. The van der Waals surface area contributed by atoms with Gasteiger partial charge in [0.05, 0.1) is 86.4 Å². The molecule has 0 atom stereocenters. The lowest BCUT2D eigenvalue weighted by Crippen LogP contribution is -2.13. The Morgan fingerprint density at radius 3 is 1.16 bits per heavy atom. The van der Waals surface area contributed by atoms with Crippen LogP contribution in [0.2, 0.25) is 0 Å². The van der Waals surface area contributed by atoms with Crippen LogP contribution in [0.25, 0.3) is 0 Å². The molecule has 0 aliphatic heterocycles. The maximum Gasteiger partial charge on any atom is 0.305 e. The van der Waals surface area contributed by atoms with E-state index in [-0.39, 0.29) is 25.2 Å². The molecule has 0 aromatic heterocycles. The molecule has 0 saturated carbocycles. The van der Waals surface area contributed by atoms with E-state index in [9.17, 15) is 9.59 Å². The Kier molecular flexibility index (Phi) is 37.1. The van der Waals surface area contributed by atoms with Crippen molar-refractivity contribution in [2.45, 2.75) is 116 Å². The minimum Gasteiger partial charge on any atom is -0.497 e. The number of hydrogen-bond donors (Lipinski definition) is 0. The molecule has 1 aromatic carbocycles. The molecule has 0 fully saturated rings. The number of carbonyl (C=O) groups excluding carboxylic acids is 2. The van der Waals surface area contributed by atoms with Crippen LogP contribution in [0.5, 0.6) is 17.2 Å². The number of esters is 2. The average molecular weight is 801 g/mol. The first kappa shape index (κ1) is 51.3. The topological polar surface area (TPSA) is 136 Å². The second kappa shape index (κ2) is 40.5. The van der Waals surface area contributed by atoms with Crippen LogP contribution in [0.1, 0.15) is 116 Å². The second-order valence-electron chi connectivity index (χ2n) is 13.5. The van der Waals surface area contributed by atoms with Crippen molar-refractivity contribution in [2.24, 2.45) is 0 Å². The van der Waals surface area contributed by atoms with Gasteiger partial charge in [-0.15, -0.1) is 0 Å². The summed E-state index contributed by atoms with van der Waals surface area (Å²) in [7, 11) is 4.93. The van der Waals surface area contributed by atoms with E-state index < -0.39 is 0 Å². The lowest BCUT2D eigenvalue weighted by molar-refractivity contribution is -0.146. The standard InChI is InChI=1S/C43H76O13/c1-46-26-28-49-30-32-51-34-36-55-42(44)20-16-12-8-4-6-10-14-18-24-53-40-23-22-39(48-3)38-41(40)54-25-19-15-11-7-5-9-13-17-21-43(45)56-37-35-52-33-31-50-29-27-47-2/h22-23,38H,4-21,24-37H2,1-3H3. The number of hydrogen-bond acceptors (Lipinski definition) is 13. The van der Waals surface area contributed by atoms with Crippen LogP contribution < -0.4 is 14.2 Å². The summed E-state index contributed by atoms with van der Waals surface area (Å²) in [6.07, 6.45) is 18.3. The molecule has 13 heteroatoms. The molecular formula is C43H76O13. The van der Waals surface area contributed by atoms with E-state index in [0.29, 0.717) is 92.1 Å². The molecule has 1 aromatic rings. The lowest BCUT2D eigenvalue weighted by Gasteiger charge is -2.14. The molecule has 326 valence electrons. The quantitative estimate of drug-likeness (QED) is 0.0468. The van der Waals surface area contributed by atoms with Crippen LogP contribution >= 0.6 is 0 Å². The molecule has 13 nitrogen and oxygen atoms in total. The largest absolute Gasteiger partial charge is 0.497 e. The Labute approximate surface area is 338 Å². The van der Waals surface area contributed by atoms with Crippen LogP contribution in [0.4, 0.5) is 0 Å². The highest BCUT2D eigenvalue weighted by molar-refractivity contribution is 5.69. The van der Waals surface area contributed by atoms with Crippen molar-refractivity contribution in [3.8, 4) is 17.2 Å². The molecule has 0 amide bonds. The minimum atomic E-state index is -0.154. The smallest absolute Gasteiger partial charge is 0.305 e. The third-order valence-corrected chi connectivity index (χ3v) is 8.81. The monoisotopic (exact) mass is 801 g/mol. The van der Waals surface area contributed by atoms with Gasteiger partial charge in [0.25, 0.3) is 0 Å². The van der Waals surface area contributed by atoms with Gasteiger partial charge >= 0.3 is 11.9 Å². The van der Waals surface area contributed by atoms with E-state index >= 15 is 0 Å². The fraction of sp³-hybridized carbons (Fsp3) is 0.814. The Hall–Kier alpha value is -2.68. The van der Waals surface area contributed by atoms with Crippen molar-refractivity contribution >= 4 is 11.9 Å². The van der Waals surface area contributed by atoms with E-state index in [2.05, 4.69) is 0 Å². The van der Waals surface area contributed by atoms with Gasteiger partial charge in [-0.3, -0.25) is 9.59 Å². The fourth-order valence-electron chi connectivity index (χ4n) is 5.58. The number of rotatable bonds is 43. The maximum atomic E-state index is 11.9. The Bertz CT molecular complexity index is 1030. The molecular weight excluding hydrogens is 724 g/mol. The molecule has 0 unspecified atom stereocenters. The van der Waals surface area contributed by atoms with Gasteiger partial charge in [-0.25, -0.2) is 0 Å². The molecule has 0 N–H and O–H groups in total. The maximum absolute atomic E-state index is 11.9. The zero-order valence-corrected chi connectivity index (χ0v) is 35.2. The average Bonchev–Trinajstić information content (AvgIpc) is 3.20. The summed E-state index contributed by atoms with van der Waals surface area (Å²) in [6, 6.07) is 5.74. The molecule has 0 saturated heterocycles. The van der Waals surface area contributed by atoms with Crippen molar-refractivity contribution in [1.82, 2.24) is 0 Å². The van der Waals surface area contributed by atoms with Crippen LogP contribution in [-0.4, -0.2) is 126 Å². The van der Waals surface area contributed by atoms with Crippen LogP contribution in [0.15, 0.2) is 18.2 Å². The van der Waals surface area contributed by atoms with Gasteiger partial charge in [0.2, 0.25) is 0 Å². The van der Waals surface area contributed by atoms with E-state index in [4.69, 9.17) is 52.1 Å². The van der Waals surface area contributed by atoms with Crippen LogP contribution in [-0.2, 0) is 47.5 Å². The highest BCUT2D eigenvalue weighted by Crippen LogP contribution is 2.32. The summed E-state index contributed by atoms with van der Waals surface area (Å²) in [6.45, 7) is 6.86. The molecule has 0 bridgehead atoms. The van der Waals surface area contributed by atoms with Gasteiger partial charge in [-0.1, -0.05) is 77.0 Å². The highest BCUT2D eigenvalue weighted by atomic mass is 16.6. The van der Waals surface area contributed by atoms with Crippen LogP contribution in [0, 0.1) is 0 Å². The summed E-state index contributed by atoms with van der Waals surface area (Å²) >= 11 is 0. The fourth-order valence-corrected chi connectivity index (χ4v) is 5.58. The second-order valence-corrected chi connectivity index (χ2v) is 13.5. The van der Waals surface area contributed by atoms with Gasteiger partial charge in [-0.05, 0) is 37.8 Å². The van der Waals surface area contributed by atoms with Crippen molar-refractivity contribution < 1.29 is 61.7 Å². The summed E-state index contributed by atoms with van der Waals surface area (Å²) in [4.78, 5) is 23.8.